The zero-order valence-corrected chi connectivity index (χ0v) is 9.73. The van der Waals surface area contributed by atoms with Crippen molar-refractivity contribution in [3.8, 4) is 0 Å². The second kappa shape index (κ2) is 4.42. The summed E-state index contributed by atoms with van der Waals surface area (Å²) in [6.45, 7) is 4.63. The van der Waals surface area contributed by atoms with Crippen molar-refractivity contribution in [2.75, 3.05) is 7.11 Å². The quantitative estimate of drug-likeness (QED) is 0.610. The second-order valence-corrected chi connectivity index (χ2v) is 8.73. The summed E-state index contributed by atoms with van der Waals surface area (Å²) in [5.41, 5.74) is 0.970. The van der Waals surface area contributed by atoms with Gasteiger partial charge in [-0.25, -0.2) is 0 Å². The number of hydrogen-bond donors (Lipinski definition) is 0. The summed E-state index contributed by atoms with van der Waals surface area (Å²) in [6, 6.07) is 2.62. The van der Waals surface area contributed by atoms with E-state index in [9.17, 15) is 0 Å². The molecule has 0 unspecified atom stereocenters. The molecule has 1 nitrogen and oxygen atoms in total. The minimum Gasteiger partial charge on any atom is -0.420 e. The molecule has 2 heteroatoms. The predicted molar refractivity (Wildman–Crippen MR) is 55.9 cm³/mol. The Balaban J connectivity index is 2.61. The molecule has 0 saturated heterocycles. The van der Waals surface area contributed by atoms with Crippen molar-refractivity contribution in [3.05, 3.63) is 0 Å². The molecule has 1 aliphatic carbocycles. The highest BCUT2D eigenvalue weighted by atomic mass is 28.4. The molecule has 0 aromatic carbocycles. The van der Waals surface area contributed by atoms with Crippen LogP contribution in [-0.2, 0) is 4.43 Å². The number of hydrogen-bond acceptors (Lipinski definition) is 1. The van der Waals surface area contributed by atoms with Crippen molar-refractivity contribution in [1.29, 1.82) is 0 Å². The lowest BCUT2D eigenvalue weighted by atomic mass is 10.4. The molecule has 0 amide bonds. The second-order valence-electron chi connectivity index (χ2n) is 3.96. The van der Waals surface area contributed by atoms with Gasteiger partial charge in [-0.05, 0) is 17.6 Å². The third-order valence-electron chi connectivity index (χ3n) is 3.70. The van der Waals surface area contributed by atoms with Gasteiger partial charge in [-0.1, -0.05) is 39.5 Å². The smallest absolute Gasteiger partial charge is 0.194 e. The minimum absolute atomic E-state index is 0.970. The first kappa shape index (κ1) is 10.3. The van der Waals surface area contributed by atoms with E-state index in [0.29, 0.717) is 0 Å². The topological polar surface area (TPSA) is 9.23 Å². The number of rotatable bonds is 4. The molecule has 0 spiro atoms. The highest BCUT2D eigenvalue weighted by Crippen LogP contribution is 2.42. The van der Waals surface area contributed by atoms with Crippen LogP contribution in [0.25, 0.3) is 0 Å². The zero-order valence-electron chi connectivity index (χ0n) is 8.73. The fourth-order valence-electron chi connectivity index (χ4n) is 2.73. The molecule has 0 aromatic rings. The largest absolute Gasteiger partial charge is 0.420 e. The van der Waals surface area contributed by atoms with Gasteiger partial charge in [0.25, 0.3) is 0 Å². The Morgan fingerprint density at radius 2 is 1.67 bits per heavy atom. The maximum absolute atomic E-state index is 5.86. The van der Waals surface area contributed by atoms with Gasteiger partial charge in [0.15, 0.2) is 8.32 Å². The molecule has 1 saturated carbocycles. The van der Waals surface area contributed by atoms with E-state index < -0.39 is 8.32 Å². The Hall–Kier alpha value is 0.177. The summed E-state index contributed by atoms with van der Waals surface area (Å²) in [7, 11) is 0.658. The van der Waals surface area contributed by atoms with Gasteiger partial charge < -0.3 is 4.43 Å². The monoisotopic (exact) mass is 186 g/mol. The Kier molecular flexibility index (Phi) is 3.78. The summed E-state index contributed by atoms with van der Waals surface area (Å²) < 4.78 is 5.86. The van der Waals surface area contributed by atoms with Crippen molar-refractivity contribution in [1.82, 2.24) is 0 Å². The van der Waals surface area contributed by atoms with Crippen LogP contribution in [0.15, 0.2) is 0 Å². The fourth-order valence-corrected chi connectivity index (χ4v) is 6.76. The van der Waals surface area contributed by atoms with Crippen molar-refractivity contribution < 1.29 is 4.43 Å². The van der Waals surface area contributed by atoms with Gasteiger partial charge in [0, 0.05) is 7.11 Å². The average Bonchev–Trinajstić information content (AvgIpc) is 2.62. The van der Waals surface area contributed by atoms with Gasteiger partial charge in [-0.3, -0.25) is 0 Å². The van der Waals surface area contributed by atoms with E-state index in [0.717, 1.165) is 5.54 Å². The average molecular weight is 186 g/mol. The summed E-state index contributed by atoms with van der Waals surface area (Å²) >= 11 is 0. The molecule has 0 heterocycles. The molecule has 0 bridgehead atoms. The molecular formula is C10H22OSi. The van der Waals surface area contributed by atoms with Crippen LogP contribution in [0.5, 0.6) is 0 Å². The molecule has 0 radical (unpaired) electrons. The van der Waals surface area contributed by atoms with Gasteiger partial charge in [-0.15, -0.1) is 0 Å². The Morgan fingerprint density at radius 3 is 2.00 bits per heavy atom. The third kappa shape index (κ3) is 1.74. The normalized spacial score (nSPS) is 20.2. The fraction of sp³-hybridized carbons (Fsp3) is 1.00. The molecule has 0 atom stereocenters. The van der Waals surface area contributed by atoms with E-state index in [1.165, 1.54) is 37.8 Å². The Labute approximate surface area is 77.6 Å². The van der Waals surface area contributed by atoms with Gasteiger partial charge in [0.1, 0.15) is 0 Å². The molecular weight excluding hydrogens is 164 g/mol. The van der Waals surface area contributed by atoms with E-state index in [4.69, 9.17) is 4.43 Å². The van der Waals surface area contributed by atoms with E-state index in [2.05, 4.69) is 13.8 Å². The van der Waals surface area contributed by atoms with Crippen LogP contribution in [0.1, 0.15) is 39.5 Å². The van der Waals surface area contributed by atoms with Crippen molar-refractivity contribution in [2.45, 2.75) is 57.2 Å². The molecule has 72 valence electrons. The summed E-state index contributed by atoms with van der Waals surface area (Å²) in [4.78, 5) is 0. The van der Waals surface area contributed by atoms with Crippen molar-refractivity contribution in [3.63, 3.8) is 0 Å². The lowest BCUT2D eigenvalue weighted by Crippen LogP contribution is -2.40. The van der Waals surface area contributed by atoms with Crippen molar-refractivity contribution >= 4 is 8.32 Å². The summed E-state index contributed by atoms with van der Waals surface area (Å²) in [5.74, 6) is 0. The molecule has 0 aliphatic heterocycles. The Morgan fingerprint density at radius 1 is 1.17 bits per heavy atom. The molecule has 0 aromatic heterocycles. The highest BCUT2D eigenvalue weighted by molar-refractivity contribution is 6.75. The summed E-state index contributed by atoms with van der Waals surface area (Å²) in [5, 5.41) is 0. The predicted octanol–water partition coefficient (Wildman–Crippen LogP) is 3.56. The lowest BCUT2D eigenvalue weighted by Gasteiger charge is -2.33. The van der Waals surface area contributed by atoms with Crippen LogP contribution in [0.2, 0.25) is 17.6 Å². The van der Waals surface area contributed by atoms with Gasteiger partial charge >= 0.3 is 0 Å². The molecule has 0 N–H and O–H groups in total. The first-order chi connectivity index (χ1) is 5.79. The van der Waals surface area contributed by atoms with E-state index >= 15 is 0 Å². The minimum atomic E-state index is -1.28. The molecule has 1 aliphatic rings. The Bertz CT molecular complexity index is 118. The van der Waals surface area contributed by atoms with Gasteiger partial charge in [0.2, 0.25) is 0 Å². The van der Waals surface area contributed by atoms with E-state index in [1.54, 1.807) is 0 Å². The van der Waals surface area contributed by atoms with Crippen LogP contribution >= 0.6 is 0 Å². The SMILES string of the molecule is CC[Si](CC)(OC)C1CCCC1. The third-order valence-corrected chi connectivity index (χ3v) is 8.97. The van der Waals surface area contributed by atoms with Crippen LogP contribution in [0, 0.1) is 0 Å². The van der Waals surface area contributed by atoms with Gasteiger partial charge in [-0.2, -0.15) is 0 Å². The standard InChI is InChI=1S/C10H22OSi/c1-4-12(5-2,11-3)10-8-6-7-9-10/h10H,4-9H2,1-3H3. The van der Waals surface area contributed by atoms with E-state index in [1.807, 2.05) is 7.11 Å². The zero-order chi connectivity index (χ0) is 9.03. The lowest BCUT2D eigenvalue weighted by molar-refractivity contribution is 0.377. The first-order valence-corrected chi connectivity index (χ1v) is 7.74. The van der Waals surface area contributed by atoms with Crippen LogP contribution in [0.4, 0.5) is 0 Å². The van der Waals surface area contributed by atoms with Crippen LogP contribution in [0.3, 0.4) is 0 Å². The summed E-state index contributed by atoms with van der Waals surface area (Å²) in [6.07, 6.45) is 5.79. The molecule has 1 rings (SSSR count). The maximum Gasteiger partial charge on any atom is 0.194 e. The highest BCUT2D eigenvalue weighted by Gasteiger charge is 2.40. The molecule has 1 fully saturated rings. The van der Waals surface area contributed by atoms with Gasteiger partial charge in [0.05, 0.1) is 0 Å². The van der Waals surface area contributed by atoms with E-state index in [-0.39, 0.29) is 0 Å². The first-order valence-electron chi connectivity index (χ1n) is 5.34. The van der Waals surface area contributed by atoms with Crippen molar-refractivity contribution in [2.24, 2.45) is 0 Å². The molecule has 12 heavy (non-hydrogen) atoms. The van der Waals surface area contributed by atoms with Crippen LogP contribution < -0.4 is 0 Å². The maximum atomic E-state index is 5.86. The van der Waals surface area contributed by atoms with Crippen LogP contribution in [-0.4, -0.2) is 15.4 Å².